The first-order chi connectivity index (χ1) is 21.4. The second kappa shape index (κ2) is 16.4. The van der Waals surface area contributed by atoms with Crippen LogP contribution in [0.4, 0.5) is 4.79 Å². The van der Waals surface area contributed by atoms with Crippen LogP contribution in [0.25, 0.3) is 0 Å². The smallest absolute Gasteiger partial charge is 0.408 e. The lowest BCUT2D eigenvalue weighted by Crippen LogP contribution is -2.58. The van der Waals surface area contributed by atoms with Crippen LogP contribution in [0.1, 0.15) is 31.4 Å². The molecule has 3 rings (SSSR count). The summed E-state index contributed by atoms with van der Waals surface area (Å²) < 4.78 is 10.2. The Labute approximate surface area is 258 Å². The van der Waals surface area contributed by atoms with Gasteiger partial charge in [-0.3, -0.25) is 39.6 Å². The Hall–Kier alpha value is -5.51. The van der Waals surface area contributed by atoms with Crippen LogP contribution in [0.5, 0.6) is 0 Å². The van der Waals surface area contributed by atoms with Gasteiger partial charge in [-0.1, -0.05) is 60.7 Å². The molecule has 1 heterocycles. The Morgan fingerprint density at radius 2 is 1.29 bits per heavy atom. The lowest BCUT2D eigenvalue weighted by molar-refractivity contribution is -0.135. The minimum atomic E-state index is -1.52. The monoisotopic (exact) mass is 625 g/mol. The van der Waals surface area contributed by atoms with Crippen LogP contribution in [0.15, 0.2) is 60.7 Å². The second-order valence-electron chi connectivity index (χ2n) is 10.0. The minimum absolute atomic E-state index is 0.0120. The summed E-state index contributed by atoms with van der Waals surface area (Å²) >= 11 is 0. The van der Waals surface area contributed by atoms with Crippen LogP contribution >= 0.6 is 0 Å². The highest BCUT2D eigenvalue weighted by molar-refractivity contribution is 5.98. The maximum atomic E-state index is 12.7. The number of primary amides is 1. The zero-order valence-electron chi connectivity index (χ0n) is 24.5. The lowest BCUT2D eigenvalue weighted by atomic mass is 10.1. The number of amides is 7. The van der Waals surface area contributed by atoms with Crippen molar-refractivity contribution in [1.82, 2.24) is 32.1 Å². The van der Waals surface area contributed by atoms with Crippen molar-refractivity contribution in [1.29, 1.82) is 0 Å². The molecule has 240 valence electrons. The van der Waals surface area contributed by atoms with E-state index < -0.39 is 78.3 Å². The molecule has 5 atom stereocenters. The zero-order valence-corrected chi connectivity index (χ0v) is 24.5. The maximum Gasteiger partial charge on any atom is 0.408 e. The molecule has 1 aliphatic heterocycles. The van der Waals surface area contributed by atoms with Crippen molar-refractivity contribution >= 4 is 41.5 Å². The van der Waals surface area contributed by atoms with E-state index in [1.165, 1.54) is 13.8 Å². The number of hydrogen-bond acceptors (Lipinski definition) is 9. The fourth-order valence-corrected chi connectivity index (χ4v) is 3.80. The van der Waals surface area contributed by atoms with Crippen molar-refractivity contribution < 1.29 is 43.0 Å². The van der Waals surface area contributed by atoms with Crippen molar-refractivity contribution in [2.75, 3.05) is 0 Å². The largest absolute Gasteiger partial charge is 0.445 e. The zero-order chi connectivity index (χ0) is 32.9. The molecular formula is C29H35N7O9. The molecule has 16 nitrogen and oxygen atoms in total. The summed E-state index contributed by atoms with van der Waals surface area (Å²) in [4.78, 5) is 86.0. The van der Waals surface area contributed by atoms with E-state index in [1.54, 1.807) is 24.3 Å². The van der Waals surface area contributed by atoms with Crippen LogP contribution < -0.4 is 37.9 Å². The van der Waals surface area contributed by atoms with E-state index in [0.717, 1.165) is 11.1 Å². The first kappa shape index (κ1) is 34.0. The van der Waals surface area contributed by atoms with Gasteiger partial charge in [0.1, 0.15) is 24.7 Å². The highest BCUT2D eigenvalue weighted by Gasteiger charge is 2.50. The Kier molecular flexibility index (Phi) is 12.4. The molecule has 0 aliphatic carbocycles. The number of epoxide rings is 1. The fraction of sp³-hybridized carbons (Fsp3) is 0.345. The third-order valence-electron chi connectivity index (χ3n) is 6.36. The summed E-state index contributed by atoms with van der Waals surface area (Å²) in [6, 6.07) is 14.1. The molecule has 1 saturated heterocycles. The average Bonchev–Trinajstić information content (AvgIpc) is 3.83. The predicted molar refractivity (Wildman–Crippen MR) is 156 cm³/mol. The summed E-state index contributed by atoms with van der Waals surface area (Å²) in [5.74, 6) is -4.90. The third-order valence-corrected chi connectivity index (χ3v) is 6.36. The van der Waals surface area contributed by atoms with Gasteiger partial charge in [-0.05, 0) is 25.0 Å². The molecule has 2 aromatic carbocycles. The number of carbonyl (C=O) groups excluding carboxylic acids is 7. The molecule has 2 aromatic rings. The van der Waals surface area contributed by atoms with Crippen LogP contribution in [0.2, 0.25) is 0 Å². The number of nitrogens with one attached hydrogen (secondary N) is 6. The topological polar surface area (TPSA) is 239 Å². The quantitative estimate of drug-likeness (QED) is 0.0943. The number of rotatable bonds is 14. The molecule has 0 aromatic heterocycles. The van der Waals surface area contributed by atoms with Crippen molar-refractivity contribution in [2.45, 2.75) is 63.8 Å². The predicted octanol–water partition coefficient (Wildman–Crippen LogP) is -1.60. The Balaban J connectivity index is 1.41. The van der Waals surface area contributed by atoms with Gasteiger partial charge in [0.25, 0.3) is 17.7 Å². The van der Waals surface area contributed by atoms with E-state index in [4.69, 9.17) is 15.2 Å². The van der Waals surface area contributed by atoms with Gasteiger partial charge in [0.2, 0.25) is 17.7 Å². The van der Waals surface area contributed by atoms with Gasteiger partial charge in [0.15, 0.2) is 12.2 Å². The molecule has 0 bridgehead atoms. The first-order valence-electron chi connectivity index (χ1n) is 13.9. The summed E-state index contributed by atoms with van der Waals surface area (Å²) in [5.41, 5.74) is 10.9. The number of nitrogens with two attached hydrogens (primary N) is 1. The SMILES string of the molecule is C[C@H](NC(=O)OCc1ccccc1)C(=O)N[C@@H](C)C(=O)N[C@@H](CC(N)=O)C(=O)NNC(=O)C1OC1C(=O)NCc1ccccc1. The summed E-state index contributed by atoms with van der Waals surface area (Å²) in [6.45, 7) is 2.90. The molecule has 1 fully saturated rings. The highest BCUT2D eigenvalue weighted by Crippen LogP contribution is 2.22. The van der Waals surface area contributed by atoms with Crippen LogP contribution in [0.3, 0.4) is 0 Å². The standard InChI is InChI=1S/C29H35N7O9/c1-16(32-24(38)17(2)33-29(43)44-15-19-11-7-4-8-12-19)25(39)34-20(13-21(30)37)26(40)35-36-28(42)23-22(45-23)27(41)31-14-18-9-5-3-6-10-18/h3-12,16-17,20,22-23H,13-15H2,1-2H3,(H2,30,37)(H,31,41)(H,32,38)(H,33,43)(H,34,39)(H,35,40)(H,36,42)/t16-,17-,20-,22?,23?/m0/s1. The van der Waals surface area contributed by atoms with Crippen molar-refractivity contribution in [3.05, 3.63) is 71.8 Å². The van der Waals surface area contributed by atoms with E-state index in [-0.39, 0.29) is 13.2 Å². The summed E-state index contributed by atoms with van der Waals surface area (Å²) in [6.07, 6.45) is -3.70. The number of alkyl carbamates (subject to hydrolysis) is 1. The molecule has 7 amide bonds. The number of ether oxygens (including phenoxy) is 2. The molecule has 1 aliphatic rings. The summed E-state index contributed by atoms with van der Waals surface area (Å²) in [5, 5.41) is 9.62. The van der Waals surface area contributed by atoms with Crippen molar-refractivity contribution in [3.63, 3.8) is 0 Å². The molecule has 0 radical (unpaired) electrons. The Morgan fingerprint density at radius 1 is 0.733 bits per heavy atom. The van der Waals surface area contributed by atoms with Crippen LogP contribution in [0, 0.1) is 0 Å². The van der Waals surface area contributed by atoms with E-state index in [2.05, 4.69) is 32.1 Å². The van der Waals surface area contributed by atoms with Gasteiger partial charge in [-0.2, -0.15) is 0 Å². The van der Waals surface area contributed by atoms with Crippen LogP contribution in [-0.4, -0.2) is 71.9 Å². The highest BCUT2D eigenvalue weighted by atomic mass is 16.6. The number of carbonyl (C=O) groups is 7. The van der Waals surface area contributed by atoms with Crippen molar-refractivity contribution in [3.8, 4) is 0 Å². The molecule has 45 heavy (non-hydrogen) atoms. The van der Waals surface area contributed by atoms with Gasteiger partial charge >= 0.3 is 6.09 Å². The molecule has 2 unspecified atom stereocenters. The normalized spacial score (nSPS) is 16.8. The maximum absolute atomic E-state index is 12.7. The molecule has 0 spiro atoms. The average molecular weight is 626 g/mol. The number of benzene rings is 2. The number of hydrogen-bond donors (Lipinski definition) is 7. The van der Waals surface area contributed by atoms with E-state index >= 15 is 0 Å². The lowest BCUT2D eigenvalue weighted by Gasteiger charge is -2.21. The molecule has 0 saturated carbocycles. The first-order valence-corrected chi connectivity index (χ1v) is 13.9. The van der Waals surface area contributed by atoms with E-state index in [0.29, 0.717) is 0 Å². The van der Waals surface area contributed by atoms with Gasteiger partial charge in [-0.15, -0.1) is 0 Å². The molecule has 8 N–H and O–H groups in total. The van der Waals surface area contributed by atoms with Gasteiger partial charge in [-0.25, -0.2) is 4.79 Å². The third kappa shape index (κ3) is 11.3. The minimum Gasteiger partial charge on any atom is -0.445 e. The van der Waals surface area contributed by atoms with Crippen LogP contribution in [-0.2, 0) is 51.4 Å². The Morgan fingerprint density at radius 3 is 1.91 bits per heavy atom. The van der Waals surface area contributed by atoms with Gasteiger partial charge < -0.3 is 36.5 Å². The van der Waals surface area contributed by atoms with Gasteiger partial charge in [0.05, 0.1) is 6.42 Å². The molecule has 16 heteroatoms. The fourth-order valence-electron chi connectivity index (χ4n) is 3.80. The van der Waals surface area contributed by atoms with Crippen molar-refractivity contribution in [2.24, 2.45) is 5.73 Å². The summed E-state index contributed by atoms with van der Waals surface area (Å²) in [7, 11) is 0. The number of hydrazine groups is 1. The van der Waals surface area contributed by atoms with E-state index in [1.807, 2.05) is 36.4 Å². The van der Waals surface area contributed by atoms with Gasteiger partial charge in [0, 0.05) is 6.54 Å². The molecular weight excluding hydrogens is 590 g/mol. The van der Waals surface area contributed by atoms with E-state index in [9.17, 15) is 33.6 Å². The second-order valence-corrected chi connectivity index (χ2v) is 10.0. The Bertz CT molecular complexity index is 1390.